The number of hydrogen-bond donors (Lipinski definition) is 4. The second-order valence-electron chi connectivity index (χ2n) is 7.53. The maximum absolute atomic E-state index is 12.9. The van der Waals surface area contributed by atoms with Crippen molar-refractivity contribution in [3.63, 3.8) is 0 Å². The molecule has 0 radical (unpaired) electrons. The Hall–Kier alpha value is -3.13. The van der Waals surface area contributed by atoms with E-state index in [0.717, 1.165) is 11.1 Å². The number of nitrogen functional groups attached to an aromatic ring is 1. The smallest absolute Gasteiger partial charge is 0.249 e. The fraction of sp³-hybridized carbons (Fsp3) is 0.208. The molecular weight excluding hydrogens is 463 g/mol. The number of halogens is 2. The summed E-state index contributed by atoms with van der Waals surface area (Å²) in [5, 5.41) is 16.5. The van der Waals surface area contributed by atoms with Gasteiger partial charge >= 0.3 is 0 Å². The molecule has 7 nitrogen and oxygen atoms in total. The Morgan fingerprint density at radius 1 is 0.909 bits per heavy atom. The van der Waals surface area contributed by atoms with E-state index in [1.165, 1.54) is 0 Å². The lowest BCUT2D eigenvalue weighted by molar-refractivity contribution is -0.134. The summed E-state index contributed by atoms with van der Waals surface area (Å²) < 4.78 is 0. The van der Waals surface area contributed by atoms with Crippen LogP contribution in [0.2, 0.25) is 10.0 Å². The average molecular weight is 487 g/mol. The Balaban J connectivity index is 1.70. The van der Waals surface area contributed by atoms with Crippen LogP contribution in [0, 0.1) is 0 Å². The van der Waals surface area contributed by atoms with Gasteiger partial charge in [-0.2, -0.15) is 0 Å². The monoisotopic (exact) mass is 486 g/mol. The van der Waals surface area contributed by atoms with Crippen LogP contribution in [0.15, 0.2) is 66.9 Å². The third-order valence-electron chi connectivity index (χ3n) is 4.95. The summed E-state index contributed by atoms with van der Waals surface area (Å²) in [5.41, 5.74) is 7.85. The van der Waals surface area contributed by atoms with Gasteiger partial charge in [0.1, 0.15) is 18.0 Å². The van der Waals surface area contributed by atoms with E-state index < -0.39 is 24.0 Å². The van der Waals surface area contributed by atoms with Crippen LogP contribution in [0.4, 0.5) is 5.82 Å². The third kappa shape index (κ3) is 7.46. The largest absolute Gasteiger partial charge is 0.384 e. The van der Waals surface area contributed by atoms with Crippen LogP contribution in [-0.4, -0.2) is 34.1 Å². The summed E-state index contributed by atoms with van der Waals surface area (Å²) in [6.07, 6.45) is 0.543. The van der Waals surface area contributed by atoms with Crippen molar-refractivity contribution in [2.45, 2.75) is 31.5 Å². The molecular formula is C24H24Cl2N4O3. The SMILES string of the molecule is Nc1ccc(CNC(=O)[C@H](Cc2ccc(Cl)c(Cl)c2)NC(=O)[C@H](O)Cc2ccccc2)cn1. The van der Waals surface area contributed by atoms with Crippen LogP contribution < -0.4 is 16.4 Å². The van der Waals surface area contributed by atoms with E-state index >= 15 is 0 Å². The molecule has 3 aromatic rings. The zero-order chi connectivity index (χ0) is 23.8. The topological polar surface area (TPSA) is 117 Å². The molecule has 0 unspecified atom stereocenters. The second-order valence-corrected chi connectivity index (χ2v) is 8.34. The van der Waals surface area contributed by atoms with Gasteiger partial charge in [0.15, 0.2) is 0 Å². The maximum atomic E-state index is 12.9. The number of benzene rings is 2. The van der Waals surface area contributed by atoms with Gasteiger partial charge in [-0.1, -0.05) is 65.7 Å². The molecule has 0 fully saturated rings. The van der Waals surface area contributed by atoms with Gasteiger partial charge in [-0.05, 0) is 34.9 Å². The number of carbonyl (C=O) groups is 2. The number of carbonyl (C=O) groups excluding carboxylic acids is 2. The lowest BCUT2D eigenvalue weighted by atomic mass is 10.0. The number of nitrogens with one attached hydrogen (secondary N) is 2. The lowest BCUT2D eigenvalue weighted by Gasteiger charge is -2.21. The Morgan fingerprint density at radius 2 is 1.64 bits per heavy atom. The summed E-state index contributed by atoms with van der Waals surface area (Å²) in [6, 6.07) is 16.6. The number of pyridine rings is 1. The number of hydrogen-bond acceptors (Lipinski definition) is 5. The minimum Gasteiger partial charge on any atom is -0.384 e. The highest BCUT2D eigenvalue weighted by Gasteiger charge is 2.25. The van der Waals surface area contributed by atoms with Gasteiger partial charge in [-0.15, -0.1) is 0 Å². The van der Waals surface area contributed by atoms with E-state index in [1.54, 1.807) is 36.5 Å². The molecule has 1 aromatic heterocycles. The molecule has 0 spiro atoms. The van der Waals surface area contributed by atoms with Gasteiger partial charge in [0.25, 0.3) is 0 Å². The van der Waals surface area contributed by atoms with Gasteiger partial charge in [0.05, 0.1) is 10.0 Å². The average Bonchev–Trinajstić information content (AvgIpc) is 2.81. The number of rotatable bonds is 9. The van der Waals surface area contributed by atoms with Crippen molar-refractivity contribution in [2.75, 3.05) is 5.73 Å². The number of anilines is 1. The van der Waals surface area contributed by atoms with Gasteiger partial charge in [-0.25, -0.2) is 4.98 Å². The highest BCUT2D eigenvalue weighted by atomic mass is 35.5. The molecule has 0 aliphatic heterocycles. The van der Waals surface area contributed by atoms with E-state index in [2.05, 4.69) is 15.6 Å². The van der Waals surface area contributed by atoms with Gasteiger partial charge < -0.3 is 21.5 Å². The number of nitrogens with two attached hydrogens (primary N) is 1. The molecule has 0 aliphatic rings. The number of aromatic nitrogens is 1. The summed E-state index contributed by atoms with van der Waals surface area (Å²) >= 11 is 12.1. The molecule has 5 N–H and O–H groups in total. The summed E-state index contributed by atoms with van der Waals surface area (Å²) in [6.45, 7) is 0.201. The zero-order valence-corrected chi connectivity index (χ0v) is 19.2. The Morgan fingerprint density at radius 3 is 2.30 bits per heavy atom. The molecule has 3 rings (SSSR count). The van der Waals surface area contributed by atoms with E-state index in [9.17, 15) is 14.7 Å². The Labute approximate surface area is 201 Å². The number of aliphatic hydroxyl groups excluding tert-OH is 1. The molecule has 1 heterocycles. The van der Waals surface area contributed by atoms with Crippen molar-refractivity contribution in [3.8, 4) is 0 Å². The normalized spacial score (nSPS) is 12.6. The first-order valence-electron chi connectivity index (χ1n) is 10.3. The molecule has 0 bridgehead atoms. The standard InChI is InChI=1S/C24H24Cl2N4O3/c25-18-8-6-16(10-19(18)26)11-20(23(32)29-14-17-7-9-22(27)28-13-17)30-24(33)21(31)12-15-4-2-1-3-5-15/h1-10,13,20-21,31H,11-12,14H2,(H2,27,28)(H,29,32)(H,30,33)/t20-,21+/m0/s1. The van der Waals surface area contributed by atoms with Crippen LogP contribution in [0.5, 0.6) is 0 Å². The first kappa shape index (κ1) is 24.5. The fourth-order valence-electron chi connectivity index (χ4n) is 3.16. The zero-order valence-electron chi connectivity index (χ0n) is 17.7. The Bertz CT molecular complexity index is 1090. The predicted molar refractivity (Wildman–Crippen MR) is 129 cm³/mol. The van der Waals surface area contributed by atoms with E-state index in [4.69, 9.17) is 28.9 Å². The summed E-state index contributed by atoms with van der Waals surface area (Å²) in [5.74, 6) is -0.686. The highest BCUT2D eigenvalue weighted by molar-refractivity contribution is 6.42. The van der Waals surface area contributed by atoms with Crippen molar-refractivity contribution in [2.24, 2.45) is 0 Å². The van der Waals surface area contributed by atoms with E-state index in [0.29, 0.717) is 21.4 Å². The molecule has 0 saturated carbocycles. The summed E-state index contributed by atoms with van der Waals surface area (Å²) in [4.78, 5) is 29.6. The molecule has 0 saturated heterocycles. The van der Waals surface area contributed by atoms with E-state index in [1.807, 2.05) is 30.3 Å². The fourth-order valence-corrected chi connectivity index (χ4v) is 3.48. The second kappa shape index (κ2) is 11.7. The van der Waals surface area contributed by atoms with Gasteiger partial charge in [-0.3, -0.25) is 9.59 Å². The van der Waals surface area contributed by atoms with Crippen LogP contribution in [0.3, 0.4) is 0 Å². The minimum absolute atomic E-state index is 0.130. The quantitative estimate of drug-likeness (QED) is 0.370. The van der Waals surface area contributed by atoms with Crippen LogP contribution in [0.1, 0.15) is 16.7 Å². The molecule has 33 heavy (non-hydrogen) atoms. The van der Waals surface area contributed by atoms with Crippen molar-refractivity contribution < 1.29 is 14.7 Å². The predicted octanol–water partition coefficient (Wildman–Crippen LogP) is 2.92. The van der Waals surface area contributed by atoms with Crippen molar-refractivity contribution >= 4 is 40.8 Å². The van der Waals surface area contributed by atoms with Crippen LogP contribution in [-0.2, 0) is 29.0 Å². The molecule has 172 valence electrons. The van der Waals surface area contributed by atoms with Gasteiger partial charge in [0, 0.05) is 25.6 Å². The van der Waals surface area contributed by atoms with Crippen molar-refractivity contribution in [1.82, 2.24) is 15.6 Å². The number of nitrogens with zero attached hydrogens (tertiary/aromatic N) is 1. The van der Waals surface area contributed by atoms with Crippen molar-refractivity contribution in [3.05, 3.63) is 93.6 Å². The minimum atomic E-state index is -1.31. The highest BCUT2D eigenvalue weighted by Crippen LogP contribution is 2.23. The molecule has 2 aromatic carbocycles. The first-order chi connectivity index (χ1) is 15.8. The third-order valence-corrected chi connectivity index (χ3v) is 5.68. The first-order valence-corrected chi connectivity index (χ1v) is 11.0. The van der Waals surface area contributed by atoms with E-state index in [-0.39, 0.29) is 19.4 Å². The maximum Gasteiger partial charge on any atom is 0.249 e. The summed E-state index contributed by atoms with van der Waals surface area (Å²) in [7, 11) is 0. The Kier molecular flexibility index (Phi) is 8.65. The number of aliphatic hydroxyl groups is 1. The molecule has 2 amide bonds. The number of amides is 2. The van der Waals surface area contributed by atoms with Crippen molar-refractivity contribution in [1.29, 1.82) is 0 Å². The van der Waals surface area contributed by atoms with Crippen LogP contribution in [0.25, 0.3) is 0 Å². The molecule has 9 heteroatoms. The lowest BCUT2D eigenvalue weighted by Crippen LogP contribution is -2.51. The molecule has 2 atom stereocenters. The van der Waals surface area contributed by atoms with Gasteiger partial charge in [0.2, 0.25) is 11.8 Å². The molecule has 0 aliphatic carbocycles. The van der Waals surface area contributed by atoms with Crippen LogP contribution >= 0.6 is 23.2 Å².